The van der Waals surface area contributed by atoms with Gasteiger partial charge in [-0.05, 0) is 18.2 Å². The van der Waals surface area contributed by atoms with Crippen LogP contribution in [0.5, 0.6) is 0 Å². The van der Waals surface area contributed by atoms with Crippen molar-refractivity contribution < 1.29 is 9.59 Å². The molecule has 0 spiro atoms. The molecule has 0 bridgehead atoms. The second kappa shape index (κ2) is 4.44. The van der Waals surface area contributed by atoms with E-state index in [4.69, 9.17) is 23.2 Å². The van der Waals surface area contributed by atoms with Gasteiger partial charge in [0.1, 0.15) is 0 Å². The SMILES string of the molecule is CC1(C)CC(=O)N(Nc2ccc(Cl)cc2Cl)C1=O. The van der Waals surface area contributed by atoms with E-state index in [0.29, 0.717) is 15.7 Å². The van der Waals surface area contributed by atoms with Crippen molar-refractivity contribution in [1.82, 2.24) is 5.01 Å². The van der Waals surface area contributed by atoms with Gasteiger partial charge >= 0.3 is 0 Å². The number of hydrogen-bond acceptors (Lipinski definition) is 3. The Morgan fingerprint density at radius 1 is 1.28 bits per heavy atom. The molecule has 0 aromatic heterocycles. The third-order valence-electron chi connectivity index (χ3n) is 2.79. The molecule has 0 atom stereocenters. The van der Waals surface area contributed by atoms with Gasteiger partial charge in [-0.1, -0.05) is 37.0 Å². The summed E-state index contributed by atoms with van der Waals surface area (Å²) in [4.78, 5) is 23.7. The zero-order chi connectivity index (χ0) is 13.5. The van der Waals surface area contributed by atoms with Crippen molar-refractivity contribution in [3.05, 3.63) is 28.2 Å². The number of nitrogens with one attached hydrogen (secondary N) is 1. The second-order valence-electron chi connectivity index (χ2n) is 4.83. The smallest absolute Gasteiger partial charge is 0.254 e. The van der Waals surface area contributed by atoms with E-state index in [1.165, 1.54) is 0 Å². The quantitative estimate of drug-likeness (QED) is 0.850. The predicted molar refractivity (Wildman–Crippen MR) is 70.3 cm³/mol. The van der Waals surface area contributed by atoms with Gasteiger partial charge in [0.15, 0.2) is 0 Å². The maximum atomic E-state index is 12.0. The summed E-state index contributed by atoms with van der Waals surface area (Å²) in [5.74, 6) is -0.533. The van der Waals surface area contributed by atoms with Crippen LogP contribution in [0.4, 0.5) is 5.69 Å². The average molecular weight is 287 g/mol. The fourth-order valence-corrected chi connectivity index (χ4v) is 2.21. The molecule has 1 aliphatic rings. The van der Waals surface area contributed by atoms with Crippen molar-refractivity contribution in [2.24, 2.45) is 5.41 Å². The zero-order valence-corrected chi connectivity index (χ0v) is 11.5. The van der Waals surface area contributed by atoms with Crippen molar-refractivity contribution in [1.29, 1.82) is 0 Å². The Morgan fingerprint density at radius 3 is 2.44 bits per heavy atom. The fourth-order valence-electron chi connectivity index (χ4n) is 1.76. The van der Waals surface area contributed by atoms with Gasteiger partial charge in [-0.3, -0.25) is 15.0 Å². The van der Waals surface area contributed by atoms with Crippen molar-refractivity contribution in [3.63, 3.8) is 0 Å². The number of rotatable bonds is 2. The summed E-state index contributed by atoms with van der Waals surface area (Å²) in [5.41, 5.74) is 2.53. The highest BCUT2D eigenvalue weighted by atomic mass is 35.5. The third-order valence-corrected chi connectivity index (χ3v) is 3.34. The first-order valence-corrected chi connectivity index (χ1v) is 6.16. The monoisotopic (exact) mass is 286 g/mol. The third kappa shape index (κ3) is 2.31. The highest BCUT2D eigenvalue weighted by molar-refractivity contribution is 6.36. The number of anilines is 1. The lowest BCUT2D eigenvalue weighted by atomic mass is 9.92. The summed E-state index contributed by atoms with van der Waals surface area (Å²) in [7, 11) is 0. The maximum Gasteiger partial charge on any atom is 0.254 e. The van der Waals surface area contributed by atoms with Crippen LogP contribution in [0.15, 0.2) is 18.2 Å². The molecule has 0 radical (unpaired) electrons. The van der Waals surface area contributed by atoms with Gasteiger partial charge in [-0.15, -0.1) is 0 Å². The lowest BCUT2D eigenvalue weighted by Crippen LogP contribution is -2.37. The summed E-state index contributed by atoms with van der Waals surface area (Å²) < 4.78 is 0. The number of carbonyl (C=O) groups excluding carboxylic acids is 2. The Balaban J connectivity index is 2.24. The molecule has 1 N–H and O–H groups in total. The minimum atomic E-state index is -0.678. The molecule has 0 saturated carbocycles. The van der Waals surface area contributed by atoms with Crippen LogP contribution < -0.4 is 5.43 Å². The van der Waals surface area contributed by atoms with E-state index in [-0.39, 0.29) is 18.2 Å². The first-order valence-electron chi connectivity index (χ1n) is 5.40. The van der Waals surface area contributed by atoms with Crippen LogP contribution in [-0.2, 0) is 9.59 Å². The number of hydrazine groups is 1. The summed E-state index contributed by atoms with van der Waals surface area (Å²) >= 11 is 11.8. The number of benzene rings is 1. The Bertz CT molecular complexity index is 529. The van der Waals surface area contributed by atoms with E-state index in [2.05, 4.69) is 5.43 Å². The van der Waals surface area contributed by atoms with E-state index < -0.39 is 5.41 Å². The molecule has 1 aliphatic heterocycles. The van der Waals surface area contributed by atoms with Crippen LogP contribution in [0.1, 0.15) is 20.3 Å². The Morgan fingerprint density at radius 2 is 1.94 bits per heavy atom. The minimum Gasteiger partial charge on any atom is -0.287 e. The van der Waals surface area contributed by atoms with E-state index >= 15 is 0 Å². The van der Waals surface area contributed by atoms with Crippen LogP contribution >= 0.6 is 23.2 Å². The maximum absolute atomic E-state index is 12.0. The van der Waals surface area contributed by atoms with Crippen molar-refractivity contribution in [2.75, 3.05) is 5.43 Å². The van der Waals surface area contributed by atoms with E-state index in [1.54, 1.807) is 32.0 Å². The highest BCUT2D eigenvalue weighted by Crippen LogP contribution is 2.33. The predicted octanol–water partition coefficient (Wildman–Crippen LogP) is 3.11. The number of hydrogen-bond donors (Lipinski definition) is 1. The Kier molecular flexibility index (Phi) is 3.25. The Labute approximate surface area is 115 Å². The van der Waals surface area contributed by atoms with Gasteiger partial charge in [0.2, 0.25) is 5.91 Å². The number of nitrogens with zero attached hydrogens (tertiary/aromatic N) is 1. The molecule has 2 amide bonds. The van der Waals surface area contributed by atoms with Crippen LogP contribution in [0.3, 0.4) is 0 Å². The van der Waals surface area contributed by atoms with Gasteiger partial charge in [0, 0.05) is 11.4 Å². The van der Waals surface area contributed by atoms with Gasteiger partial charge in [0.05, 0.1) is 16.1 Å². The Hall–Kier alpha value is -1.26. The molecule has 1 aromatic rings. The molecule has 4 nitrogen and oxygen atoms in total. The second-order valence-corrected chi connectivity index (χ2v) is 5.67. The molecule has 1 fully saturated rings. The minimum absolute atomic E-state index is 0.185. The number of imide groups is 1. The van der Waals surface area contributed by atoms with Crippen molar-refractivity contribution in [2.45, 2.75) is 20.3 Å². The van der Waals surface area contributed by atoms with Crippen molar-refractivity contribution in [3.8, 4) is 0 Å². The lowest BCUT2D eigenvalue weighted by molar-refractivity contribution is -0.139. The van der Waals surface area contributed by atoms with Crippen molar-refractivity contribution >= 4 is 40.7 Å². The van der Waals surface area contributed by atoms with E-state index in [9.17, 15) is 9.59 Å². The summed E-state index contributed by atoms with van der Waals surface area (Å²) in [6, 6.07) is 4.80. The molecular formula is C12H12Cl2N2O2. The molecule has 1 saturated heterocycles. The fraction of sp³-hybridized carbons (Fsp3) is 0.333. The molecule has 0 aliphatic carbocycles. The zero-order valence-electron chi connectivity index (χ0n) is 9.96. The topological polar surface area (TPSA) is 49.4 Å². The largest absolute Gasteiger partial charge is 0.287 e. The summed E-state index contributed by atoms with van der Waals surface area (Å²) in [6.45, 7) is 3.47. The van der Waals surface area contributed by atoms with E-state index in [0.717, 1.165) is 5.01 Å². The first kappa shape index (κ1) is 13.2. The van der Waals surface area contributed by atoms with Gasteiger partial charge < -0.3 is 0 Å². The van der Waals surface area contributed by atoms with Gasteiger partial charge in [-0.2, -0.15) is 5.01 Å². The molecule has 96 valence electrons. The molecule has 18 heavy (non-hydrogen) atoms. The average Bonchev–Trinajstić information content (AvgIpc) is 2.44. The first-order chi connectivity index (χ1) is 8.31. The molecular weight excluding hydrogens is 275 g/mol. The summed E-state index contributed by atoms with van der Waals surface area (Å²) in [5, 5.41) is 1.85. The molecule has 1 aromatic carbocycles. The molecule has 6 heteroatoms. The van der Waals surface area contributed by atoms with Crippen LogP contribution in [-0.4, -0.2) is 16.8 Å². The highest BCUT2D eigenvalue weighted by Gasteiger charge is 2.45. The van der Waals surface area contributed by atoms with Gasteiger partial charge in [0.25, 0.3) is 5.91 Å². The molecule has 0 unspecified atom stereocenters. The molecule has 2 rings (SSSR count). The van der Waals surface area contributed by atoms with Crippen LogP contribution in [0.2, 0.25) is 10.0 Å². The van der Waals surface area contributed by atoms with Crippen LogP contribution in [0.25, 0.3) is 0 Å². The standard InChI is InChI=1S/C12H12Cl2N2O2/c1-12(2)6-10(17)16(11(12)18)15-9-4-3-7(13)5-8(9)14/h3-5,15H,6H2,1-2H3. The normalized spacial score (nSPS) is 18.3. The summed E-state index contributed by atoms with van der Waals surface area (Å²) in [6.07, 6.45) is 0.185. The van der Waals surface area contributed by atoms with Crippen LogP contribution in [0, 0.1) is 5.41 Å². The lowest BCUT2D eigenvalue weighted by Gasteiger charge is -2.20. The number of amides is 2. The van der Waals surface area contributed by atoms with Gasteiger partial charge in [-0.25, -0.2) is 0 Å². The number of halogens is 2. The number of carbonyl (C=O) groups is 2. The molecule has 1 heterocycles. The van der Waals surface area contributed by atoms with E-state index in [1.807, 2.05) is 0 Å².